The van der Waals surface area contributed by atoms with Crippen molar-refractivity contribution in [2.45, 2.75) is 6.42 Å². The molecule has 0 amide bonds. The predicted octanol–water partition coefficient (Wildman–Crippen LogP) is 0.272. The highest BCUT2D eigenvalue weighted by Crippen LogP contribution is 2.15. The monoisotopic (exact) mass is 206 g/mol. The van der Waals surface area contributed by atoms with E-state index in [0.29, 0.717) is 18.5 Å². The van der Waals surface area contributed by atoms with E-state index in [1.807, 2.05) is 0 Å². The average Bonchev–Trinajstić information content (AvgIpc) is 2.20. The van der Waals surface area contributed by atoms with Gasteiger partial charge in [-0.25, -0.2) is 4.98 Å². The first-order chi connectivity index (χ1) is 7.15. The van der Waals surface area contributed by atoms with Crippen LogP contribution in [0.15, 0.2) is 12.3 Å². The number of aromatic nitrogens is 1. The quantitative estimate of drug-likeness (QED) is 0.410. The van der Waals surface area contributed by atoms with Crippen LogP contribution >= 0.6 is 0 Å². The second-order valence-electron chi connectivity index (χ2n) is 2.72. The topological polar surface area (TPSA) is 108 Å². The smallest absolute Gasteiger partial charge is 0.288 e. The first kappa shape index (κ1) is 10.9. The summed E-state index contributed by atoms with van der Waals surface area (Å²) in [4.78, 5) is 13.6. The van der Waals surface area contributed by atoms with E-state index >= 15 is 0 Å². The molecule has 78 valence electrons. The first-order valence-electron chi connectivity index (χ1n) is 4.24. The molecule has 0 aliphatic rings. The van der Waals surface area contributed by atoms with E-state index in [1.54, 1.807) is 0 Å². The van der Waals surface area contributed by atoms with Gasteiger partial charge in [-0.2, -0.15) is 0 Å². The van der Waals surface area contributed by atoms with E-state index in [2.05, 4.69) is 16.8 Å². The van der Waals surface area contributed by atoms with Crippen LogP contribution in [0.4, 0.5) is 11.5 Å². The Bertz CT molecular complexity index is 433. The van der Waals surface area contributed by atoms with Gasteiger partial charge in [0.2, 0.25) is 0 Å². The Hall–Kier alpha value is -2.13. The van der Waals surface area contributed by atoms with Crippen molar-refractivity contribution in [1.29, 1.82) is 0 Å². The summed E-state index contributed by atoms with van der Waals surface area (Å²) in [6.07, 6.45) is 1.62. The molecule has 1 heterocycles. The van der Waals surface area contributed by atoms with Crippen LogP contribution in [-0.2, 0) is 0 Å². The molecule has 0 radical (unpaired) electrons. The van der Waals surface area contributed by atoms with Crippen LogP contribution in [0.3, 0.4) is 0 Å². The summed E-state index contributed by atoms with van der Waals surface area (Å²) < 4.78 is 0. The van der Waals surface area contributed by atoms with E-state index in [1.165, 1.54) is 6.07 Å². The second kappa shape index (κ2) is 4.93. The van der Waals surface area contributed by atoms with Crippen LogP contribution in [0.25, 0.3) is 0 Å². The highest BCUT2D eigenvalue weighted by Gasteiger charge is 2.08. The van der Waals surface area contributed by atoms with Crippen LogP contribution in [-0.4, -0.2) is 16.5 Å². The fourth-order valence-corrected chi connectivity index (χ4v) is 0.894. The van der Waals surface area contributed by atoms with Gasteiger partial charge in [0, 0.05) is 19.0 Å². The van der Waals surface area contributed by atoms with Gasteiger partial charge < -0.3 is 11.5 Å². The average molecular weight is 206 g/mol. The Kier molecular flexibility index (Phi) is 3.60. The summed E-state index contributed by atoms with van der Waals surface area (Å²) in [6.45, 7) is 0.440. The first-order valence-corrected chi connectivity index (χ1v) is 4.24. The largest absolute Gasteiger partial charge is 0.383 e. The Morgan fingerprint density at radius 3 is 2.93 bits per heavy atom. The SMILES string of the molecule is NCCC#Cc1cc([N+](=O)[O-])cnc1N. The fraction of sp³-hybridized carbons (Fsp3) is 0.222. The predicted molar refractivity (Wildman–Crippen MR) is 55.9 cm³/mol. The van der Waals surface area contributed by atoms with Crippen molar-refractivity contribution in [2.24, 2.45) is 5.73 Å². The van der Waals surface area contributed by atoms with Gasteiger partial charge >= 0.3 is 0 Å². The minimum atomic E-state index is -0.541. The zero-order valence-electron chi connectivity index (χ0n) is 7.93. The Balaban J connectivity index is 3.02. The van der Waals surface area contributed by atoms with Gasteiger partial charge in [0.05, 0.1) is 10.5 Å². The van der Waals surface area contributed by atoms with Crippen molar-refractivity contribution in [3.05, 3.63) is 27.9 Å². The maximum Gasteiger partial charge on any atom is 0.288 e. The summed E-state index contributed by atoms with van der Waals surface area (Å²) in [5.41, 5.74) is 11.0. The number of pyridine rings is 1. The third kappa shape index (κ3) is 2.93. The number of nitro groups is 1. The van der Waals surface area contributed by atoms with E-state index < -0.39 is 4.92 Å². The van der Waals surface area contributed by atoms with Crippen LogP contribution in [0.5, 0.6) is 0 Å². The number of nitrogens with two attached hydrogens (primary N) is 2. The summed E-state index contributed by atoms with van der Waals surface area (Å²) in [7, 11) is 0. The number of nitrogens with zero attached hydrogens (tertiary/aromatic N) is 2. The van der Waals surface area contributed by atoms with Crippen LogP contribution in [0, 0.1) is 22.0 Å². The zero-order chi connectivity index (χ0) is 11.3. The maximum absolute atomic E-state index is 10.5. The molecule has 0 fully saturated rings. The van der Waals surface area contributed by atoms with Gasteiger partial charge in [-0.3, -0.25) is 10.1 Å². The molecule has 1 rings (SSSR count). The summed E-state index contributed by atoms with van der Waals surface area (Å²) in [5.74, 6) is 5.61. The molecule has 0 aromatic carbocycles. The molecule has 0 spiro atoms. The van der Waals surface area contributed by atoms with Crippen molar-refractivity contribution in [3.8, 4) is 11.8 Å². The second-order valence-corrected chi connectivity index (χ2v) is 2.72. The minimum Gasteiger partial charge on any atom is -0.383 e. The molecule has 1 aromatic heterocycles. The maximum atomic E-state index is 10.5. The van der Waals surface area contributed by atoms with Crippen molar-refractivity contribution in [2.75, 3.05) is 12.3 Å². The normalized spacial score (nSPS) is 9.13. The number of rotatable bonds is 2. The van der Waals surface area contributed by atoms with Crippen molar-refractivity contribution >= 4 is 11.5 Å². The highest BCUT2D eigenvalue weighted by atomic mass is 16.6. The van der Waals surface area contributed by atoms with Gasteiger partial charge in [-0.1, -0.05) is 11.8 Å². The third-order valence-electron chi connectivity index (χ3n) is 1.61. The fourth-order valence-electron chi connectivity index (χ4n) is 0.894. The Morgan fingerprint density at radius 1 is 1.60 bits per heavy atom. The molecule has 4 N–H and O–H groups in total. The summed E-state index contributed by atoms with van der Waals surface area (Å²) in [6, 6.07) is 1.30. The molecule has 0 atom stereocenters. The number of nitrogen functional groups attached to an aromatic ring is 1. The van der Waals surface area contributed by atoms with Crippen LogP contribution in [0.1, 0.15) is 12.0 Å². The van der Waals surface area contributed by atoms with Crippen LogP contribution in [0.2, 0.25) is 0 Å². The lowest BCUT2D eigenvalue weighted by Gasteiger charge is -1.96. The lowest BCUT2D eigenvalue weighted by Crippen LogP contribution is -1.98. The number of hydrogen-bond acceptors (Lipinski definition) is 5. The van der Waals surface area contributed by atoms with Gasteiger partial charge in [0.25, 0.3) is 5.69 Å². The van der Waals surface area contributed by atoms with Gasteiger partial charge in [-0.05, 0) is 0 Å². The molecule has 15 heavy (non-hydrogen) atoms. The van der Waals surface area contributed by atoms with E-state index in [-0.39, 0.29) is 11.5 Å². The molecule has 6 nitrogen and oxygen atoms in total. The molecular formula is C9H10N4O2. The van der Waals surface area contributed by atoms with Gasteiger partial charge in [0.1, 0.15) is 12.0 Å². The van der Waals surface area contributed by atoms with E-state index in [9.17, 15) is 10.1 Å². The molecule has 1 aromatic rings. The van der Waals surface area contributed by atoms with E-state index in [0.717, 1.165) is 6.20 Å². The summed E-state index contributed by atoms with van der Waals surface area (Å²) in [5, 5.41) is 10.5. The van der Waals surface area contributed by atoms with Crippen LogP contribution < -0.4 is 11.5 Å². The number of anilines is 1. The summed E-state index contributed by atoms with van der Waals surface area (Å²) >= 11 is 0. The minimum absolute atomic E-state index is 0.124. The molecule has 0 aliphatic heterocycles. The van der Waals surface area contributed by atoms with Crippen molar-refractivity contribution in [1.82, 2.24) is 4.98 Å². The molecule has 0 aliphatic carbocycles. The van der Waals surface area contributed by atoms with Gasteiger partial charge in [-0.15, -0.1) is 0 Å². The number of hydrogen-bond donors (Lipinski definition) is 2. The molecule has 0 saturated heterocycles. The lowest BCUT2D eigenvalue weighted by molar-refractivity contribution is -0.385. The highest BCUT2D eigenvalue weighted by molar-refractivity contribution is 5.54. The molecule has 0 saturated carbocycles. The lowest BCUT2D eigenvalue weighted by atomic mass is 10.2. The molecule has 6 heteroatoms. The molecule has 0 bridgehead atoms. The van der Waals surface area contributed by atoms with E-state index in [4.69, 9.17) is 11.5 Å². The molecular weight excluding hydrogens is 196 g/mol. The van der Waals surface area contributed by atoms with Crippen molar-refractivity contribution < 1.29 is 4.92 Å². The zero-order valence-corrected chi connectivity index (χ0v) is 7.93. The molecule has 0 unspecified atom stereocenters. The standard InChI is InChI=1S/C9H10N4O2/c10-4-2-1-3-7-5-8(13(14)15)6-12-9(7)11/h5-6H,2,4,10H2,(H2,11,12). The Labute approximate surface area is 86.4 Å². The third-order valence-corrected chi connectivity index (χ3v) is 1.61. The van der Waals surface area contributed by atoms with Gasteiger partial charge in [0.15, 0.2) is 0 Å². The Morgan fingerprint density at radius 2 is 2.33 bits per heavy atom. The van der Waals surface area contributed by atoms with Crippen molar-refractivity contribution in [3.63, 3.8) is 0 Å².